The van der Waals surface area contributed by atoms with E-state index in [1.165, 1.54) is 12.1 Å². The predicted molar refractivity (Wildman–Crippen MR) is 72.5 cm³/mol. The summed E-state index contributed by atoms with van der Waals surface area (Å²) in [6.45, 7) is 1.83. The van der Waals surface area contributed by atoms with E-state index in [4.69, 9.17) is 9.52 Å². The molecule has 3 rings (SSSR count). The summed E-state index contributed by atoms with van der Waals surface area (Å²) in [5.74, 6) is -0.547. The van der Waals surface area contributed by atoms with Crippen molar-refractivity contribution in [3.63, 3.8) is 0 Å². The number of aromatic carboxylic acids is 1. The Kier molecular flexibility index (Phi) is 3.15. The SMILES string of the molecule is Cc1cnc(-c2nnc(-c3cccc(C(=O)O)c3)o2)cn1. The molecule has 0 fully saturated rings. The Balaban J connectivity index is 1.96. The van der Waals surface area contributed by atoms with E-state index in [0.29, 0.717) is 11.3 Å². The van der Waals surface area contributed by atoms with Crippen molar-refractivity contribution in [2.75, 3.05) is 0 Å². The van der Waals surface area contributed by atoms with E-state index in [1.54, 1.807) is 24.5 Å². The Morgan fingerprint density at radius 3 is 2.67 bits per heavy atom. The van der Waals surface area contributed by atoms with Gasteiger partial charge in [0.05, 0.1) is 17.5 Å². The first-order valence-electron chi connectivity index (χ1n) is 6.10. The lowest BCUT2D eigenvalue weighted by Crippen LogP contribution is -1.95. The van der Waals surface area contributed by atoms with Crippen LogP contribution >= 0.6 is 0 Å². The summed E-state index contributed by atoms with van der Waals surface area (Å²) < 4.78 is 5.51. The van der Waals surface area contributed by atoms with Crippen LogP contribution in [0.5, 0.6) is 0 Å². The van der Waals surface area contributed by atoms with E-state index in [0.717, 1.165) is 5.69 Å². The highest BCUT2D eigenvalue weighted by Gasteiger charge is 2.13. The van der Waals surface area contributed by atoms with Crippen LogP contribution in [0.2, 0.25) is 0 Å². The minimum absolute atomic E-state index is 0.155. The molecule has 0 atom stereocenters. The molecule has 0 aliphatic rings. The predicted octanol–water partition coefficient (Wildman–Crippen LogP) is 2.20. The molecule has 3 aromatic rings. The van der Waals surface area contributed by atoms with Crippen LogP contribution in [0, 0.1) is 6.92 Å². The Bertz CT molecular complexity index is 796. The number of aryl methyl sites for hydroxylation is 1. The maximum Gasteiger partial charge on any atom is 0.335 e. The van der Waals surface area contributed by atoms with Crippen molar-refractivity contribution in [3.05, 3.63) is 47.9 Å². The topological polar surface area (TPSA) is 102 Å². The van der Waals surface area contributed by atoms with Crippen LogP contribution in [0.4, 0.5) is 0 Å². The molecule has 0 bridgehead atoms. The number of carboxylic acids is 1. The van der Waals surface area contributed by atoms with Gasteiger partial charge in [-0.25, -0.2) is 9.78 Å². The molecular weight excluding hydrogens is 272 g/mol. The van der Waals surface area contributed by atoms with Gasteiger partial charge >= 0.3 is 5.97 Å². The van der Waals surface area contributed by atoms with Crippen LogP contribution in [-0.2, 0) is 0 Å². The maximum absolute atomic E-state index is 11.0. The molecule has 0 unspecified atom stereocenters. The molecule has 7 nitrogen and oxygen atoms in total. The monoisotopic (exact) mass is 282 g/mol. The summed E-state index contributed by atoms with van der Waals surface area (Å²) in [7, 11) is 0. The number of aromatic nitrogens is 4. The molecule has 0 saturated heterocycles. The minimum Gasteiger partial charge on any atom is -0.478 e. The van der Waals surface area contributed by atoms with E-state index in [2.05, 4.69) is 20.2 Å². The van der Waals surface area contributed by atoms with Crippen molar-refractivity contribution in [2.24, 2.45) is 0 Å². The zero-order valence-electron chi connectivity index (χ0n) is 11.0. The summed E-state index contributed by atoms with van der Waals surface area (Å²) in [6.07, 6.45) is 3.14. The first kappa shape index (κ1) is 12.9. The van der Waals surface area contributed by atoms with Gasteiger partial charge in [-0.3, -0.25) is 4.98 Å². The lowest BCUT2D eigenvalue weighted by molar-refractivity contribution is 0.0697. The number of benzene rings is 1. The van der Waals surface area contributed by atoms with Gasteiger partial charge in [0.2, 0.25) is 5.89 Å². The number of carbonyl (C=O) groups is 1. The quantitative estimate of drug-likeness (QED) is 0.785. The van der Waals surface area contributed by atoms with Crippen molar-refractivity contribution in [2.45, 2.75) is 6.92 Å². The summed E-state index contributed by atoms with van der Waals surface area (Å²) in [5.41, 5.74) is 1.94. The average molecular weight is 282 g/mol. The molecule has 0 amide bonds. The van der Waals surface area contributed by atoms with Gasteiger partial charge in [0.1, 0.15) is 5.69 Å². The van der Waals surface area contributed by atoms with Gasteiger partial charge in [-0.15, -0.1) is 10.2 Å². The number of carboxylic acid groups (broad SMARTS) is 1. The zero-order valence-corrected chi connectivity index (χ0v) is 11.0. The normalized spacial score (nSPS) is 10.5. The summed E-state index contributed by atoms with van der Waals surface area (Å²) in [5, 5.41) is 16.8. The van der Waals surface area contributed by atoms with Crippen LogP contribution in [0.25, 0.3) is 23.0 Å². The third-order valence-corrected chi connectivity index (χ3v) is 2.78. The van der Waals surface area contributed by atoms with E-state index in [9.17, 15) is 4.79 Å². The van der Waals surface area contributed by atoms with E-state index in [1.807, 2.05) is 6.92 Å². The molecule has 21 heavy (non-hydrogen) atoms. The Morgan fingerprint density at radius 2 is 1.95 bits per heavy atom. The van der Waals surface area contributed by atoms with E-state index < -0.39 is 5.97 Å². The molecule has 7 heteroatoms. The number of nitrogens with zero attached hydrogens (tertiary/aromatic N) is 4. The first-order chi connectivity index (χ1) is 10.1. The fraction of sp³-hybridized carbons (Fsp3) is 0.0714. The second-order valence-corrected chi connectivity index (χ2v) is 4.34. The number of rotatable bonds is 3. The van der Waals surface area contributed by atoms with Crippen LogP contribution in [0.3, 0.4) is 0 Å². The van der Waals surface area contributed by atoms with E-state index >= 15 is 0 Å². The zero-order chi connectivity index (χ0) is 14.8. The van der Waals surface area contributed by atoms with Gasteiger partial charge in [-0.1, -0.05) is 6.07 Å². The molecule has 1 aromatic carbocycles. The molecule has 2 heterocycles. The highest BCUT2D eigenvalue weighted by atomic mass is 16.4. The van der Waals surface area contributed by atoms with E-state index in [-0.39, 0.29) is 17.3 Å². The largest absolute Gasteiger partial charge is 0.478 e. The molecule has 0 radical (unpaired) electrons. The molecule has 2 aromatic heterocycles. The van der Waals surface area contributed by atoms with Crippen LogP contribution < -0.4 is 0 Å². The first-order valence-corrected chi connectivity index (χ1v) is 6.10. The van der Waals surface area contributed by atoms with Crippen molar-refractivity contribution >= 4 is 5.97 Å². The van der Waals surface area contributed by atoms with Crippen LogP contribution in [-0.4, -0.2) is 31.2 Å². The van der Waals surface area contributed by atoms with Gasteiger partial charge in [0.25, 0.3) is 5.89 Å². The lowest BCUT2D eigenvalue weighted by atomic mass is 10.1. The van der Waals surface area contributed by atoms with Gasteiger partial charge in [-0.2, -0.15) is 0 Å². The average Bonchev–Trinajstić information content (AvgIpc) is 2.98. The molecule has 104 valence electrons. The van der Waals surface area contributed by atoms with Crippen molar-refractivity contribution < 1.29 is 14.3 Å². The van der Waals surface area contributed by atoms with Crippen LogP contribution in [0.1, 0.15) is 16.1 Å². The van der Waals surface area contributed by atoms with Gasteiger partial charge in [0.15, 0.2) is 0 Å². The molecule has 0 aliphatic heterocycles. The fourth-order valence-electron chi connectivity index (χ4n) is 1.73. The standard InChI is InChI=1S/C14H10N4O3/c1-8-6-16-11(7-15-8)13-18-17-12(21-13)9-3-2-4-10(5-9)14(19)20/h2-7H,1H3,(H,19,20). The second-order valence-electron chi connectivity index (χ2n) is 4.34. The minimum atomic E-state index is -1.01. The number of hydrogen-bond donors (Lipinski definition) is 1. The Morgan fingerprint density at radius 1 is 1.14 bits per heavy atom. The highest BCUT2D eigenvalue weighted by molar-refractivity contribution is 5.88. The molecular formula is C14H10N4O3. The molecule has 0 saturated carbocycles. The second kappa shape index (κ2) is 5.12. The third kappa shape index (κ3) is 2.62. The van der Waals surface area contributed by atoms with Crippen molar-refractivity contribution in [1.29, 1.82) is 0 Å². The maximum atomic E-state index is 11.0. The smallest absolute Gasteiger partial charge is 0.335 e. The van der Waals surface area contributed by atoms with Crippen LogP contribution in [0.15, 0.2) is 41.1 Å². The van der Waals surface area contributed by atoms with Crippen molar-refractivity contribution in [1.82, 2.24) is 20.2 Å². The summed E-state index contributed by atoms with van der Waals surface area (Å²) in [4.78, 5) is 19.2. The summed E-state index contributed by atoms with van der Waals surface area (Å²) >= 11 is 0. The number of hydrogen-bond acceptors (Lipinski definition) is 6. The fourth-order valence-corrected chi connectivity index (χ4v) is 1.73. The van der Waals surface area contributed by atoms with Gasteiger partial charge < -0.3 is 9.52 Å². The van der Waals surface area contributed by atoms with Gasteiger partial charge in [0, 0.05) is 11.8 Å². The Labute approximate surface area is 119 Å². The highest BCUT2D eigenvalue weighted by Crippen LogP contribution is 2.23. The molecule has 0 spiro atoms. The van der Waals surface area contributed by atoms with Crippen molar-refractivity contribution in [3.8, 4) is 23.0 Å². The lowest BCUT2D eigenvalue weighted by Gasteiger charge is -1.97. The Hall–Kier alpha value is -3.09. The molecule has 1 N–H and O–H groups in total. The summed E-state index contributed by atoms with van der Waals surface area (Å²) in [6, 6.07) is 6.29. The van der Waals surface area contributed by atoms with Gasteiger partial charge in [-0.05, 0) is 25.1 Å². The molecule has 0 aliphatic carbocycles. The third-order valence-electron chi connectivity index (χ3n) is 2.78.